The zero-order valence-corrected chi connectivity index (χ0v) is 5.99. The Morgan fingerprint density at radius 2 is 2.33 bits per heavy atom. The number of hydrogen-bond acceptors (Lipinski definition) is 0. The van der Waals surface area contributed by atoms with Gasteiger partial charge in [-0.25, -0.2) is 0 Å². The maximum absolute atomic E-state index is 5.46. The van der Waals surface area contributed by atoms with Gasteiger partial charge in [-0.1, -0.05) is 0 Å². The van der Waals surface area contributed by atoms with Gasteiger partial charge in [-0.2, -0.15) is 0 Å². The van der Waals surface area contributed by atoms with Crippen LogP contribution < -0.4 is 0 Å². The summed E-state index contributed by atoms with van der Waals surface area (Å²) in [6, 6.07) is 0. The van der Waals surface area contributed by atoms with E-state index < -0.39 is 0 Å². The molecule has 0 rings (SSSR count). The van der Waals surface area contributed by atoms with Gasteiger partial charge in [-0.15, -0.1) is 0 Å². The molecule has 6 heavy (non-hydrogen) atoms. The first-order valence-corrected chi connectivity index (χ1v) is 4.90. The van der Waals surface area contributed by atoms with Gasteiger partial charge in [0.05, 0.1) is 0 Å². The first-order valence-electron chi connectivity index (χ1n) is 2.33. The van der Waals surface area contributed by atoms with Crippen molar-refractivity contribution in [3.63, 3.8) is 0 Å². The molecule has 0 aromatic heterocycles. The molecule has 0 aromatic carbocycles. The van der Waals surface area contributed by atoms with Crippen molar-refractivity contribution >= 4 is 24.3 Å². The Hall–Kier alpha value is 0.822. The van der Waals surface area contributed by atoms with Crippen LogP contribution in [-0.2, 0) is 0 Å². The molecule has 0 N–H and O–H groups in total. The molecule has 0 aliphatic rings. The molecular weight excluding hydrogens is 110 g/mol. The zero-order valence-electron chi connectivity index (χ0n) is 4.08. The molecule has 0 spiro atoms. The Balaban J connectivity index is 2.34. The minimum atomic E-state index is 0.256. The molecule has 0 amide bonds. The Labute approximate surface area is 49.8 Å². The molecule has 0 aliphatic carbocycles. The van der Waals surface area contributed by atoms with E-state index in [1.54, 1.807) is 0 Å². The summed E-state index contributed by atoms with van der Waals surface area (Å²) >= 11 is 0.256. The van der Waals surface area contributed by atoms with Crippen molar-refractivity contribution in [1.82, 2.24) is 0 Å². The summed E-state index contributed by atoms with van der Waals surface area (Å²) < 4.78 is 0. The fraction of sp³-hybridized carbons (Fsp3) is 1.00. The van der Waals surface area contributed by atoms with Gasteiger partial charge in [-0.3, -0.25) is 0 Å². The summed E-state index contributed by atoms with van der Waals surface area (Å²) in [5.74, 6) is 0. The third-order valence-electron chi connectivity index (χ3n) is 0.667. The van der Waals surface area contributed by atoms with E-state index in [2.05, 4.69) is 6.92 Å². The van der Waals surface area contributed by atoms with Gasteiger partial charge >= 0.3 is 49.4 Å². The van der Waals surface area contributed by atoms with Crippen molar-refractivity contribution in [3.05, 3.63) is 0 Å². The van der Waals surface area contributed by atoms with Crippen LogP contribution >= 0.6 is 10.0 Å². The molecular formula is C4H9AlCl+. The van der Waals surface area contributed by atoms with Crippen LogP contribution in [0.4, 0.5) is 0 Å². The summed E-state index contributed by atoms with van der Waals surface area (Å²) in [6.07, 6.45) is 2.61. The second kappa shape index (κ2) is 5.82. The molecule has 0 fully saturated rings. The predicted molar refractivity (Wildman–Crippen MR) is 31.3 cm³/mol. The summed E-state index contributed by atoms with van der Waals surface area (Å²) in [5.41, 5.74) is 0. The van der Waals surface area contributed by atoms with Crippen LogP contribution in [0, 0.1) is 0 Å². The van der Waals surface area contributed by atoms with Crippen molar-refractivity contribution in [3.8, 4) is 0 Å². The van der Waals surface area contributed by atoms with Crippen LogP contribution in [-0.4, -0.2) is 14.3 Å². The summed E-state index contributed by atoms with van der Waals surface area (Å²) in [7, 11) is 5.46. The van der Waals surface area contributed by atoms with E-state index in [0.717, 1.165) is 0 Å². The van der Waals surface area contributed by atoms with Crippen LogP contribution in [0.5, 0.6) is 0 Å². The van der Waals surface area contributed by atoms with Crippen molar-refractivity contribution in [2.75, 3.05) is 0 Å². The van der Waals surface area contributed by atoms with Gasteiger partial charge in [0.15, 0.2) is 0 Å². The fourth-order valence-corrected chi connectivity index (χ4v) is 1.31. The zero-order chi connectivity index (χ0) is 4.83. The standard InChI is InChI=1S/C4H9.Al.ClH/c1-3-4-2;;/h1,3-4H2,2H3;;1H/q;+2;/p-1. The Kier molecular flexibility index (Phi) is 6.62. The number of rotatable bonds is 3. The van der Waals surface area contributed by atoms with E-state index in [0.29, 0.717) is 0 Å². The fourth-order valence-electron chi connectivity index (χ4n) is 0.281. The predicted octanol–water partition coefficient (Wildman–Crippen LogP) is 2.06. The number of hydrogen-bond donors (Lipinski definition) is 0. The first-order chi connectivity index (χ1) is 2.91. The van der Waals surface area contributed by atoms with Gasteiger partial charge in [0, 0.05) is 0 Å². The normalized spacial score (nSPS) is 7.67. The Morgan fingerprint density at radius 3 is 2.50 bits per heavy atom. The molecule has 0 saturated carbocycles. The second-order valence-electron chi connectivity index (χ2n) is 1.30. The monoisotopic (exact) mass is 119 g/mol. The van der Waals surface area contributed by atoms with Crippen LogP contribution in [0.2, 0.25) is 5.28 Å². The van der Waals surface area contributed by atoms with Crippen molar-refractivity contribution in [1.29, 1.82) is 0 Å². The summed E-state index contributed by atoms with van der Waals surface area (Å²) in [4.78, 5) is 0. The average Bonchev–Trinajstić information content (AvgIpc) is 1.61. The molecule has 0 nitrogen and oxygen atoms in total. The average molecular weight is 120 g/mol. The molecule has 0 aromatic rings. The minimum absolute atomic E-state index is 0.256. The molecule has 0 atom stereocenters. The van der Waals surface area contributed by atoms with Crippen LogP contribution in [0.15, 0.2) is 0 Å². The van der Waals surface area contributed by atoms with Crippen molar-refractivity contribution in [2.24, 2.45) is 0 Å². The van der Waals surface area contributed by atoms with Crippen LogP contribution in [0.25, 0.3) is 0 Å². The van der Waals surface area contributed by atoms with Gasteiger partial charge in [-0.05, 0) is 0 Å². The van der Waals surface area contributed by atoms with Gasteiger partial charge in [0.25, 0.3) is 0 Å². The van der Waals surface area contributed by atoms with E-state index in [1.165, 1.54) is 18.1 Å². The summed E-state index contributed by atoms with van der Waals surface area (Å²) in [5, 5.41) is 1.26. The third kappa shape index (κ3) is 4.82. The molecule has 34 valence electrons. The Morgan fingerprint density at radius 1 is 1.67 bits per heavy atom. The second-order valence-corrected chi connectivity index (χ2v) is 3.11. The first kappa shape index (κ1) is 6.82. The van der Waals surface area contributed by atoms with Gasteiger partial charge < -0.3 is 0 Å². The van der Waals surface area contributed by atoms with Crippen LogP contribution in [0.3, 0.4) is 0 Å². The molecule has 0 heterocycles. The van der Waals surface area contributed by atoms with E-state index in [4.69, 9.17) is 10.0 Å². The van der Waals surface area contributed by atoms with Crippen molar-refractivity contribution < 1.29 is 0 Å². The van der Waals surface area contributed by atoms with E-state index >= 15 is 0 Å². The molecule has 0 unspecified atom stereocenters. The van der Waals surface area contributed by atoms with Gasteiger partial charge in [0.1, 0.15) is 0 Å². The number of halogens is 1. The topological polar surface area (TPSA) is 0 Å². The van der Waals surface area contributed by atoms with Crippen LogP contribution in [0.1, 0.15) is 19.8 Å². The number of unbranched alkanes of at least 4 members (excludes halogenated alkanes) is 1. The van der Waals surface area contributed by atoms with E-state index in [-0.39, 0.29) is 14.3 Å². The molecule has 0 saturated heterocycles. The quantitative estimate of drug-likeness (QED) is 0.394. The maximum atomic E-state index is 5.46. The molecule has 2 heteroatoms. The SMILES string of the molecule is CCC[CH2][Al+][Cl]. The van der Waals surface area contributed by atoms with Gasteiger partial charge in [0.2, 0.25) is 0 Å². The summed E-state index contributed by atoms with van der Waals surface area (Å²) in [6.45, 7) is 2.19. The molecule has 0 radical (unpaired) electrons. The molecule has 0 bridgehead atoms. The Bertz CT molecular complexity index is 19.5. The molecule has 0 aliphatic heterocycles. The third-order valence-corrected chi connectivity index (χ3v) is 1.95. The van der Waals surface area contributed by atoms with Crippen molar-refractivity contribution in [2.45, 2.75) is 25.0 Å². The van der Waals surface area contributed by atoms with E-state index in [9.17, 15) is 0 Å². The van der Waals surface area contributed by atoms with E-state index in [1.807, 2.05) is 0 Å².